The van der Waals surface area contributed by atoms with E-state index >= 15 is 0 Å². The summed E-state index contributed by atoms with van der Waals surface area (Å²) in [4.78, 5) is 9.60. The van der Waals surface area contributed by atoms with Gasteiger partial charge in [0, 0.05) is 0 Å². The number of carbonyl (C=O) groups is 1. The quantitative estimate of drug-likeness (QED) is 0.608. The highest BCUT2D eigenvalue weighted by molar-refractivity contribution is 5.66. The summed E-state index contributed by atoms with van der Waals surface area (Å²) in [5.41, 5.74) is 18.0. The van der Waals surface area contributed by atoms with Crippen molar-refractivity contribution >= 4 is 17.5 Å². The number of hydrogen-bond donors (Lipinski definition) is 3. The number of ether oxygens (including phenoxy) is 1. The molecule has 0 heterocycles. The lowest BCUT2D eigenvalue weighted by molar-refractivity contribution is 0.163. The van der Waals surface area contributed by atoms with Gasteiger partial charge in [-0.2, -0.15) is 0 Å². The van der Waals surface area contributed by atoms with Gasteiger partial charge in [0.1, 0.15) is 0 Å². The molecule has 0 unspecified atom stereocenters. The van der Waals surface area contributed by atoms with Gasteiger partial charge in [-0.15, -0.1) is 0 Å². The Bertz CT molecular complexity index is 306. The van der Waals surface area contributed by atoms with Crippen LogP contribution in [0.2, 0.25) is 0 Å². The molecule has 15 heavy (non-hydrogen) atoms. The van der Waals surface area contributed by atoms with Gasteiger partial charge in [0.2, 0.25) is 0 Å². The molecule has 0 saturated carbocycles. The SMILES string of the molecule is CCOC(N)=O.Cc1cccc(N)c1N. The van der Waals surface area contributed by atoms with Gasteiger partial charge in [0.25, 0.3) is 0 Å². The lowest BCUT2D eigenvalue weighted by Gasteiger charge is -2.00. The number of para-hydroxylation sites is 1. The summed E-state index contributed by atoms with van der Waals surface area (Å²) >= 11 is 0. The van der Waals surface area contributed by atoms with Crippen LogP contribution in [0.15, 0.2) is 18.2 Å². The van der Waals surface area contributed by atoms with Crippen LogP contribution in [0, 0.1) is 6.92 Å². The lowest BCUT2D eigenvalue weighted by Crippen LogP contribution is -2.11. The van der Waals surface area contributed by atoms with Crippen LogP contribution in [0.4, 0.5) is 16.2 Å². The number of rotatable bonds is 1. The molecule has 1 rings (SSSR count). The first-order valence-corrected chi connectivity index (χ1v) is 4.51. The molecule has 0 radical (unpaired) electrons. The Labute approximate surface area is 89.2 Å². The maximum absolute atomic E-state index is 9.60. The summed E-state index contributed by atoms with van der Waals surface area (Å²) in [7, 11) is 0. The normalized spacial score (nSPS) is 8.67. The van der Waals surface area contributed by atoms with Crippen molar-refractivity contribution in [2.24, 2.45) is 5.73 Å². The predicted octanol–water partition coefficient (Wildman–Crippen LogP) is 1.26. The fraction of sp³-hybridized carbons (Fsp3) is 0.300. The molecule has 0 spiro atoms. The fourth-order valence-corrected chi connectivity index (χ4v) is 0.846. The molecule has 0 fully saturated rings. The van der Waals surface area contributed by atoms with E-state index in [1.54, 1.807) is 13.0 Å². The van der Waals surface area contributed by atoms with Crippen LogP contribution in [0.1, 0.15) is 12.5 Å². The summed E-state index contributed by atoms with van der Waals surface area (Å²) in [5, 5.41) is 0. The van der Waals surface area contributed by atoms with Crippen molar-refractivity contribution < 1.29 is 9.53 Å². The van der Waals surface area contributed by atoms with Crippen molar-refractivity contribution in [3.05, 3.63) is 23.8 Å². The van der Waals surface area contributed by atoms with E-state index in [4.69, 9.17) is 11.5 Å². The largest absolute Gasteiger partial charge is 0.450 e. The number of nitrogen functional groups attached to an aromatic ring is 2. The maximum Gasteiger partial charge on any atom is 0.404 e. The van der Waals surface area contributed by atoms with Gasteiger partial charge in [0.05, 0.1) is 18.0 Å². The Kier molecular flexibility index (Phi) is 5.70. The number of aryl methyl sites for hydroxylation is 1. The van der Waals surface area contributed by atoms with E-state index in [1.165, 1.54) is 0 Å². The summed E-state index contributed by atoms with van der Waals surface area (Å²) in [6, 6.07) is 5.62. The van der Waals surface area contributed by atoms with Crippen LogP contribution in [0.3, 0.4) is 0 Å². The number of anilines is 2. The second-order valence-electron chi connectivity index (χ2n) is 2.83. The topological polar surface area (TPSA) is 104 Å². The molecule has 5 heteroatoms. The van der Waals surface area contributed by atoms with Gasteiger partial charge in [-0.25, -0.2) is 4.79 Å². The number of nitrogens with two attached hydrogens (primary N) is 3. The summed E-state index contributed by atoms with van der Waals surface area (Å²) in [6.45, 7) is 3.99. The third-order valence-electron chi connectivity index (χ3n) is 1.64. The van der Waals surface area contributed by atoms with Gasteiger partial charge in [-0.1, -0.05) is 12.1 Å². The first-order valence-electron chi connectivity index (χ1n) is 4.51. The molecule has 1 amide bonds. The van der Waals surface area contributed by atoms with Crippen molar-refractivity contribution in [3.63, 3.8) is 0 Å². The molecule has 0 aliphatic rings. The molecule has 0 aromatic heterocycles. The molecule has 5 nitrogen and oxygen atoms in total. The second kappa shape index (κ2) is 6.53. The van der Waals surface area contributed by atoms with E-state index < -0.39 is 6.09 Å². The maximum atomic E-state index is 9.60. The highest BCUT2D eigenvalue weighted by atomic mass is 16.5. The molecule has 6 N–H and O–H groups in total. The van der Waals surface area contributed by atoms with Crippen molar-refractivity contribution in [2.45, 2.75) is 13.8 Å². The summed E-state index contributed by atoms with van der Waals surface area (Å²) in [6.07, 6.45) is -0.711. The number of amides is 1. The van der Waals surface area contributed by atoms with E-state index in [0.29, 0.717) is 18.0 Å². The molecule has 0 atom stereocenters. The van der Waals surface area contributed by atoms with Crippen LogP contribution < -0.4 is 17.2 Å². The first-order chi connectivity index (χ1) is 6.99. The van der Waals surface area contributed by atoms with Crippen molar-refractivity contribution in [2.75, 3.05) is 18.1 Å². The zero-order chi connectivity index (χ0) is 11.8. The molecule has 1 aromatic carbocycles. The van der Waals surface area contributed by atoms with Crippen LogP contribution in [-0.4, -0.2) is 12.7 Å². The monoisotopic (exact) mass is 211 g/mol. The molecular formula is C10H17N3O2. The van der Waals surface area contributed by atoms with E-state index in [0.717, 1.165) is 5.56 Å². The molecule has 0 aliphatic carbocycles. The predicted molar refractivity (Wildman–Crippen MR) is 61.2 cm³/mol. The van der Waals surface area contributed by atoms with E-state index in [9.17, 15) is 4.79 Å². The number of primary amides is 1. The lowest BCUT2D eigenvalue weighted by atomic mass is 10.2. The Balaban J connectivity index is 0.000000288. The zero-order valence-electron chi connectivity index (χ0n) is 8.99. The minimum Gasteiger partial charge on any atom is -0.450 e. The first kappa shape index (κ1) is 13.1. The standard InChI is InChI=1S/C7H10N2.C3H7NO2/c1-5-3-2-4-6(8)7(5)9;1-2-6-3(4)5/h2-4H,8-9H2,1H3;2H2,1H3,(H2,4,5). The average molecular weight is 211 g/mol. The van der Waals surface area contributed by atoms with E-state index in [1.807, 2.05) is 19.1 Å². The third kappa shape index (κ3) is 5.41. The highest BCUT2D eigenvalue weighted by Crippen LogP contribution is 2.17. The van der Waals surface area contributed by atoms with Crippen molar-refractivity contribution in [1.82, 2.24) is 0 Å². The van der Waals surface area contributed by atoms with E-state index in [-0.39, 0.29) is 0 Å². The van der Waals surface area contributed by atoms with Gasteiger partial charge in [0.15, 0.2) is 0 Å². The Morgan fingerprint density at radius 1 is 1.40 bits per heavy atom. The van der Waals surface area contributed by atoms with Crippen molar-refractivity contribution in [1.29, 1.82) is 0 Å². The van der Waals surface area contributed by atoms with Crippen LogP contribution in [0.25, 0.3) is 0 Å². The van der Waals surface area contributed by atoms with Crippen LogP contribution >= 0.6 is 0 Å². The minimum atomic E-state index is -0.711. The van der Waals surface area contributed by atoms with Gasteiger partial charge in [-0.05, 0) is 25.5 Å². The van der Waals surface area contributed by atoms with Gasteiger partial charge < -0.3 is 21.9 Å². The van der Waals surface area contributed by atoms with Crippen molar-refractivity contribution in [3.8, 4) is 0 Å². The fourth-order valence-electron chi connectivity index (χ4n) is 0.846. The number of hydrogen-bond acceptors (Lipinski definition) is 4. The Hall–Kier alpha value is -1.91. The molecule has 0 bridgehead atoms. The molecule has 0 aliphatic heterocycles. The summed E-state index contributed by atoms with van der Waals surface area (Å²) < 4.78 is 4.18. The second-order valence-corrected chi connectivity index (χ2v) is 2.83. The number of carbonyl (C=O) groups excluding carboxylic acids is 1. The van der Waals surface area contributed by atoms with Gasteiger partial charge in [-0.3, -0.25) is 0 Å². The highest BCUT2D eigenvalue weighted by Gasteiger charge is 1.93. The Morgan fingerprint density at radius 2 is 2.00 bits per heavy atom. The molecular weight excluding hydrogens is 194 g/mol. The van der Waals surface area contributed by atoms with Crippen LogP contribution in [0.5, 0.6) is 0 Å². The molecule has 0 saturated heterocycles. The number of benzene rings is 1. The average Bonchev–Trinajstić information content (AvgIpc) is 2.15. The summed E-state index contributed by atoms with van der Waals surface area (Å²) in [5.74, 6) is 0. The third-order valence-corrected chi connectivity index (χ3v) is 1.64. The molecule has 1 aromatic rings. The smallest absolute Gasteiger partial charge is 0.404 e. The zero-order valence-corrected chi connectivity index (χ0v) is 8.99. The molecule has 84 valence electrons. The Morgan fingerprint density at radius 3 is 2.27 bits per heavy atom. The van der Waals surface area contributed by atoms with E-state index in [2.05, 4.69) is 10.5 Å². The van der Waals surface area contributed by atoms with Crippen LogP contribution in [-0.2, 0) is 4.74 Å². The van der Waals surface area contributed by atoms with Gasteiger partial charge >= 0.3 is 6.09 Å². The minimum absolute atomic E-state index is 0.356.